The lowest BCUT2D eigenvalue weighted by Crippen LogP contribution is -2.43. The first-order valence-electron chi connectivity index (χ1n) is 3.42. The van der Waals surface area contributed by atoms with Crippen molar-refractivity contribution in [3.63, 3.8) is 0 Å². The van der Waals surface area contributed by atoms with E-state index in [-0.39, 0.29) is 0 Å². The molecule has 9 heavy (non-hydrogen) atoms. The van der Waals surface area contributed by atoms with Crippen molar-refractivity contribution in [3.8, 4) is 0 Å². The van der Waals surface area contributed by atoms with Gasteiger partial charge in [0.25, 0.3) is 0 Å². The lowest BCUT2D eigenvalue weighted by atomic mass is 10.5. The lowest BCUT2D eigenvalue weighted by Gasteiger charge is -2.13. The zero-order valence-electron chi connectivity index (χ0n) is 6.49. The molecule has 1 atom stereocenters. The van der Waals surface area contributed by atoms with Crippen LogP contribution < -0.4 is 16.0 Å². The topological polar surface area (TPSA) is 36.1 Å². The minimum Gasteiger partial charge on any atom is -0.308 e. The summed E-state index contributed by atoms with van der Waals surface area (Å²) in [6.45, 7) is 6.06. The highest BCUT2D eigenvalue weighted by atomic mass is 15.2. The molecule has 3 nitrogen and oxygen atoms in total. The highest BCUT2D eigenvalue weighted by molar-refractivity contribution is 4.53. The number of nitrogens with one attached hydrogen (secondary N) is 3. The van der Waals surface area contributed by atoms with Crippen LogP contribution >= 0.6 is 0 Å². The van der Waals surface area contributed by atoms with Crippen molar-refractivity contribution in [3.05, 3.63) is 0 Å². The van der Waals surface area contributed by atoms with Gasteiger partial charge in [0.15, 0.2) is 0 Å². The standard InChI is InChI=1S/C6H17N3/c1-4-8-6(2)9-5-7-3/h6-9H,4-5H2,1-3H3. The molecule has 0 aliphatic heterocycles. The fourth-order valence-electron chi connectivity index (χ4n) is 0.634. The van der Waals surface area contributed by atoms with Gasteiger partial charge in [-0.05, 0) is 20.5 Å². The van der Waals surface area contributed by atoms with Crippen LogP contribution in [-0.2, 0) is 0 Å². The van der Waals surface area contributed by atoms with E-state index in [0.29, 0.717) is 6.17 Å². The molecule has 0 radical (unpaired) electrons. The van der Waals surface area contributed by atoms with Crippen LogP contribution in [-0.4, -0.2) is 26.4 Å². The van der Waals surface area contributed by atoms with E-state index in [1.165, 1.54) is 0 Å². The molecule has 0 rings (SSSR count). The maximum absolute atomic E-state index is 3.23. The van der Waals surface area contributed by atoms with Crippen LogP contribution in [0.15, 0.2) is 0 Å². The van der Waals surface area contributed by atoms with Crippen LogP contribution in [0, 0.1) is 0 Å². The quantitative estimate of drug-likeness (QED) is 0.449. The Kier molecular flexibility index (Phi) is 5.93. The molecule has 3 heteroatoms. The molecular formula is C6H17N3. The van der Waals surface area contributed by atoms with E-state index in [0.717, 1.165) is 13.2 Å². The molecule has 3 N–H and O–H groups in total. The molecule has 1 unspecified atom stereocenters. The summed E-state index contributed by atoms with van der Waals surface area (Å²) in [5, 5.41) is 9.45. The average molecular weight is 131 g/mol. The fourth-order valence-corrected chi connectivity index (χ4v) is 0.634. The van der Waals surface area contributed by atoms with Gasteiger partial charge in [0.2, 0.25) is 0 Å². The maximum atomic E-state index is 3.23. The van der Waals surface area contributed by atoms with Gasteiger partial charge in [-0.1, -0.05) is 6.92 Å². The first-order valence-corrected chi connectivity index (χ1v) is 3.42. The first-order chi connectivity index (χ1) is 4.31. The Hall–Kier alpha value is -0.120. The molecule has 0 aliphatic rings. The van der Waals surface area contributed by atoms with Gasteiger partial charge in [-0.2, -0.15) is 0 Å². The third kappa shape index (κ3) is 5.76. The molecule has 0 saturated carbocycles. The number of hydrogen-bond donors (Lipinski definition) is 3. The largest absolute Gasteiger partial charge is 0.308 e. The summed E-state index contributed by atoms with van der Waals surface area (Å²) < 4.78 is 0. The van der Waals surface area contributed by atoms with Crippen molar-refractivity contribution < 1.29 is 0 Å². The summed E-state index contributed by atoms with van der Waals surface area (Å²) in [7, 11) is 1.92. The molecule has 56 valence electrons. The highest BCUT2D eigenvalue weighted by Crippen LogP contribution is 1.69. The zero-order chi connectivity index (χ0) is 7.11. The Balaban J connectivity index is 2.95. The van der Waals surface area contributed by atoms with Gasteiger partial charge in [-0.3, -0.25) is 5.32 Å². The molecule has 0 saturated heterocycles. The van der Waals surface area contributed by atoms with Crippen LogP contribution in [0.4, 0.5) is 0 Å². The maximum Gasteiger partial charge on any atom is 0.0552 e. The summed E-state index contributed by atoms with van der Waals surface area (Å²) in [4.78, 5) is 0. The van der Waals surface area contributed by atoms with Crippen molar-refractivity contribution >= 4 is 0 Å². The zero-order valence-corrected chi connectivity index (χ0v) is 6.49. The lowest BCUT2D eigenvalue weighted by molar-refractivity contribution is 0.452. The third-order valence-electron chi connectivity index (χ3n) is 1.10. The van der Waals surface area contributed by atoms with Crippen LogP contribution in [0.5, 0.6) is 0 Å². The summed E-state index contributed by atoms with van der Waals surface area (Å²) in [5.41, 5.74) is 0. The van der Waals surface area contributed by atoms with Gasteiger partial charge in [0, 0.05) is 6.67 Å². The summed E-state index contributed by atoms with van der Waals surface area (Å²) in [5.74, 6) is 0. The van der Waals surface area contributed by atoms with Crippen molar-refractivity contribution in [1.82, 2.24) is 16.0 Å². The van der Waals surface area contributed by atoms with Crippen molar-refractivity contribution in [2.75, 3.05) is 20.3 Å². The van der Waals surface area contributed by atoms with Gasteiger partial charge in [0.05, 0.1) is 6.17 Å². The number of rotatable bonds is 5. The molecule has 0 bridgehead atoms. The Morgan fingerprint density at radius 2 is 2.00 bits per heavy atom. The summed E-state index contributed by atoms with van der Waals surface area (Å²) in [6.07, 6.45) is 0.405. The van der Waals surface area contributed by atoms with Crippen LogP contribution in [0.1, 0.15) is 13.8 Å². The minimum atomic E-state index is 0.405. The van der Waals surface area contributed by atoms with Crippen LogP contribution in [0.3, 0.4) is 0 Å². The second-order valence-corrected chi connectivity index (χ2v) is 2.01. The molecule has 0 spiro atoms. The van der Waals surface area contributed by atoms with Gasteiger partial charge in [-0.25, -0.2) is 0 Å². The highest BCUT2D eigenvalue weighted by Gasteiger charge is 1.93. The van der Waals surface area contributed by atoms with E-state index in [2.05, 4.69) is 29.8 Å². The molecule has 0 aromatic heterocycles. The summed E-state index contributed by atoms with van der Waals surface area (Å²) >= 11 is 0. The van der Waals surface area contributed by atoms with E-state index in [4.69, 9.17) is 0 Å². The van der Waals surface area contributed by atoms with Crippen molar-refractivity contribution in [1.29, 1.82) is 0 Å². The Labute approximate surface area is 57.2 Å². The predicted molar refractivity (Wildman–Crippen MR) is 40.2 cm³/mol. The Morgan fingerprint density at radius 3 is 2.44 bits per heavy atom. The smallest absolute Gasteiger partial charge is 0.0552 e. The van der Waals surface area contributed by atoms with E-state index in [1.807, 2.05) is 7.05 Å². The Bertz CT molecular complexity index is 56.3. The van der Waals surface area contributed by atoms with E-state index < -0.39 is 0 Å². The Morgan fingerprint density at radius 1 is 1.33 bits per heavy atom. The van der Waals surface area contributed by atoms with Gasteiger partial charge >= 0.3 is 0 Å². The van der Waals surface area contributed by atoms with Gasteiger partial charge in [0.1, 0.15) is 0 Å². The van der Waals surface area contributed by atoms with Crippen LogP contribution in [0.2, 0.25) is 0 Å². The second-order valence-electron chi connectivity index (χ2n) is 2.01. The molecule has 0 amide bonds. The van der Waals surface area contributed by atoms with E-state index in [1.54, 1.807) is 0 Å². The van der Waals surface area contributed by atoms with Gasteiger partial charge < -0.3 is 10.6 Å². The molecule has 0 fully saturated rings. The molecular weight excluding hydrogens is 114 g/mol. The van der Waals surface area contributed by atoms with Gasteiger partial charge in [-0.15, -0.1) is 0 Å². The van der Waals surface area contributed by atoms with Crippen molar-refractivity contribution in [2.45, 2.75) is 20.0 Å². The minimum absolute atomic E-state index is 0.405. The fraction of sp³-hybridized carbons (Fsp3) is 1.00. The number of hydrogen-bond acceptors (Lipinski definition) is 3. The summed E-state index contributed by atoms with van der Waals surface area (Å²) in [6, 6.07) is 0. The predicted octanol–water partition coefficient (Wildman–Crippen LogP) is -0.292. The molecule has 0 heterocycles. The van der Waals surface area contributed by atoms with E-state index in [9.17, 15) is 0 Å². The second kappa shape index (κ2) is 6.01. The molecule has 0 aromatic carbocycles. The average Bonchev–Trinajstić information content (AvgIpc) is 1.85. The first kappa shape index (κ1) is 8.88. The molecule has 0 aliphatic carbocycles. The van der Waals surface area contributed by atoms with Crippen molar-refractivity contribution in [2.24, 2.45) is 0 Å². The normalized spacial score (nSPS) is 13.7. The SMILES string of the molecule is CCNC(C)NCNC. The monoisotopic (exact) mass is 131 g/mol. The third-order valence-corrected chi connectivity index (χ3v) is 1.10. The molecule has 0 aromatic rings. The van der Waals surface area contributed by atoms with E-state index >= 15 is 0 Å². The van der Waals surface area contributed by atoms with Crippen LogP contribution in [0.25, 0.3) is 0 Å².